The number of piperazine rings is 1. The van der Waals surface area contributed by atoms with E-state index in [9.17, 15) is 9.59 Å². The van der Waals surface area contributed by atoms with Gasteiger partial charge in [0.2, 0.25) is 5.91 Å². The molecular formula is C21H30N4O3. The van der Waals surface area contributed by atoms with Crippen LogP contribution in [0.4, 0.5) is 0 Å². The van der Waals surface area contributed by atoms with Crippen molar-refractivity contribution in [1.29, 1.82) is 0 Å². The van der Waals surface area contributed by atoms with Crippen molar-refractivity contribution in [3.63, 3.8) is 0 Å². The monoisotopic (exact) mass is 386 g/mol. The third kappa shape index (κ3) is 4.25. The molecule has 2 aromatic rings. The Labute approximate surface area is 165 Å². The highest BCUT2D eigenvalue weighted by molar-refractivity contribution is 5.77. The summed E-state index contributed by atoms with van der Waals surface area (Å²) in [6.45, 7) is 8.05. The Hall–Kier alpha value is -2.25. The zero-order valence-corrected chi connectivity index (χ0v) is 17.1. The van der Waals surface area contributed by atoms with E-state index in [0.717, 1.165) is 43.9 Å². The molecule has 1 fully saturated rings. The summed E-state index contributed by atoms with van der Waals surface area (Å²) in [6, 6.07) is 7.45. The molecule has 7 heteroatoms. The van der Waals surface area contributed by atoms with E-state index in [1.165, 1.54) is 0 Å². The van der Waals surface area contributed by atoms with Gasteiger partial charge in [-0.3, -0.25) is 19.1 Å². The lowest BCUT2D eigenvalue weighted by Crippen LogP contribution is -2.50. The second kappa shape index (κ2) is 9.30. The van der Waals surface area contributed by atoms with Gasteiger partial charge in [0, 0.05) is 39.7 Å². The van der Waals surface area contributed by atoms with Crippen LogP contribution >= 0.6 is 0 Å². The van der Waals surface area contributed by atoms with Crippen LogP contribution in [-0.2, 0) is 16.1 Å². The zero-order valence-electron chi connectivity index (χ0n) is 17.1. The van der Waals surface area contributed by atoms with Crippen molar-refractivity contribution in [3.8, 4) is 0 Å². The number of ether oxygens (including phenoxy) is 1. The van der Waals surface area contributed by atoms with Crippen LogP contribution in [0.25, 0.3) is 10.9 Å². The Kier molecular flexibility index (Phi) is 6.80. The molecule has 7 nitrogen and oxygen atoms in total. The van der Waals surface area contributed by atoms with Gasteiger partial charge in [-0.05, 0) is 25.5 Å². The van der Waals surface area contributed by atoms with Crippen molar-refractivity contribution < 1.29 is 9.53 Å². The van der Waals surface area contributed by atoms with Crippen LogP contribution in [0.5, 0.6) is 0 Å². The summed E-state index contributed by atoms with van der Waals surface area (Å²) >= 11 is 0. The number of hydrogen-bond donors (Lipinski definition) is 0. The van der Waals surface area contributed by atoms with Crippen molar-refractivity contribution in [2.24, 2.45) is 0 Å². The fourth-order valence-electron chi connectivity index (χ4n) is 3.80. The largest absolute Gasteiger partial charge is 0.383 e. The molecule has 1 unspecified atom stereocenters. The molecule has 1 saturated heterocycles. The predicted octanol–water partition coefficient (Wildman–Crippen LogP) is 2.05. The quantitative estimate of drug-likeness (QED) is 0.729. The number of para-hydroxylation sites is 1. The van der Waals surface area contributed by atoms with E-state index in [1.807, 2.05) is 36.1 Å². The molecule has 3 rings (SSSR count). The molecule has 2 heterocycles. The number of nitrogens with zero attached hydrogens (tertiary/aromatic N) is 4. The van der Waals surface area contributed by atoms with Crippen LogP contribution < -0.4 is 5.56 Å². The fourth-order valence-corrected chi connectivity index (χ4v) is 3.80. The average molecular weight is 386 g/mol. The van der Waals surface area contributed by atoms with E-state index >= 15 is 0 Å². The van der Waals surface area contributed by atoms with Crippen LogP contribution in [0.3, 0.4) is 0 Å². The van der Waals surface area contributed by atoms with E-state index in [-0.39, 0.29) is 17.5 Å². The molecular weight excluding hydrogens is 356 g/mol. The maximum absolute atomic E-state index is 13.1. The van der Waals surface area contributed by atoms with Gasteiger partial charge in [-0.2, -0.15) is 0 Å². The Morgan fingerprint density at radius 3 is 2.61 bits per heavy atom. The van der Waals surface area contributed by atoms with Gasteiger partial charge < -0.3 is 9.64 Å². The molecule has 0 spiro atoms. The highest BCUT2D eigenvalue weighted by Crippen LogP contribution is 2.21. The number of carbonyl (C=O) groups excluding carboxylic acids is 1. The van der Waals surface area contributed by atoms with Gasteiger partial charge in [-0.1, -0.05) is 19.1 Å². The smallest absolute Gasteiger partial charge is 0.261 e. The van der Waals surface area contributed by atoms with Crippen molar-refractivity contribution >= 4 is 16.8 Å². The van der Waals surface area contributed by atoms with Crippen LogP contribution in [0, 0.1) is 0 Å². The molecule has 0 aliphatic carbocycles. The topological polar surface area (TPSA) is 67.7 Å². The van der Waals surface area contributed by atoms with E-state index in [2.05, 4.69) is 11.8 Å². The first-order valence-corrected chi connectivity index (χ1v) is 10.1. The van der Waals surface area contributed by atoms with Crippen LogP contribution in [0.1, 0.15) is 38.6 Å². The van der Waals surface area contributed by atoms with Crippen molar-refractivity contribution in [3.05, 3.63) is 40.4 Å². The van der Waals surface area contributed by atoms with E-state index in [0.29, 0.717) is 25.0 Å². The summed E-state index contributed by atoms with van der Waals surface area (Å²) in [5.41, 5.74) is 0.695. The number of fused-ring (bicyclic) bond motifs is 1. The first-order chi connectivity index (χ1) is 13.6. The summed E-state index contributed by atoms with van der Waals surface area (Å²) in [7, 11) is 1.63. The first-order valence-electron chi connectivity index (χ1n) is 10.1. The molecule has 1 atom stereocenters. The summed E-state index contributed by atoms with van der Waals surface area (Å²) < 4.78 is 6.95. The molecule has 28 heavy (non-hydrogen) atoms. The van der Waals surface area contributed by atoms with Crippen molar-refractivity contribution in [2.75, 3.05) is 39.9 Å². The van der Waals surface area contributed by atoms with Gasteiger partial charge in [0.25, 0.3) is 5.56 Å². The lowest BCUT2D eigenvalue weighted by molar-refractivity contribution is -0.133. The van der Waals surface area contributed by atoms with Gasteiger partial charge in [-0.15, -0.1) is 0 Å². The molecule has 152 valence electrons. The lowest BCUT2D eigenvalue weighted by Gasteiger charge is -2.38. The SMILES string of the molecule is CCCC(=O)N1CCN(C(C)c2nc3ccccc3c(=O)n2CCOC)CC1. The number of benzene rings is 1. The van der Waals surface area contributed by atoms with E-state index in [4.69, 9.17) is 9.72 Å². The molecule has 0 bridgehead atoms. The molecule has 0 N–H and O–H groups in total. The number of rotatable bonds is 7. The third-order valence-electron chi connectivity index (χ3n) is 5.46. The number of carbonyl (C=O) groups is 1. The van der Waals surface area contributed by atoms with Crippen LogP contribution in [0.2, 0.25) is 0 Å². The molecule has 1 amide bonds. The summed E-state index contributed by atoms with van der Waals surface area (Å²) in [5.74, 6) is 0.990. The Bertz CT molecular complexity index is 872. The van der Waals surface area contributed by atoms with Gasteiger partial charge in [0.05, 0.1) is 30.1 Å². The summed E-state index contributed by atoms with van der Waals surface area (Å²) in [5, 5.41) is 0.629. The minimum absolute atomic E-state index is 0.0161. The number of methoxy groups -OCH3 is 1. The summed E-state index contributed by atoms with van der Waals surface area (Å²) in [4.78, 5) is 34.3. The van der Waals surface area contributed by atoms with Crippen molar-refractivity contribution in [2.45, 2.75) is 39.3 Å². The second-order valence-electron chi connectivity index (χ2n) is 7.28. The third-order valence-corrected chi connectivity index (χ3v) is 5.46. The molecule has 0 saturated carbocycles. The van der Waals surface area contributed by atoms with Gasteiger partial charge in [0.1, 0.15) is 5.82 Å². The van der Waals surface area contributed by atoms with Crippen LogP contribution in [-0.4, -0.2) is 65.2 Å². The molecule has 0 radical (unpaired) electrons. The fraction of sp³-hybridized carbons (Fsp3) is 0.571. The Morgan fingerprint density at radius 2 is 1.93 bits per heavy atom. The molecule has 1 aliphatic rings. The van der Waals surface area contributed by atoms with E-state index in [1.54, 1.807) is 11.7 Å². The molecule has 1 aliphatic heterocycles. The Morgan fingerprint density at radius 1 is 1.21 bits per heavy atom. The predicted molar refractivity (Wildman–Crippen MR) is 109 cm³/mol. The number of amides is 1. The highest BCUT2D eigenvalue weighted by Gasteiger charge is 2.27. The van der Waals surface area contributed by atoms with Gasteiger partial charge in [0.15, 0.2) is 0 Å². The maximum Gasteiger partial charge on any atom is 0.261 e. The van der Waals surface area contributed by atoms with Crippen molar-refractivity contribution in [1.82, 2.24) is 19.4 Å². The number of hydrogen-bond acceptors (Lipinski definition) is 5. The maximum atomic E-state index is 13.1. The second-order valence-corrected chi connectivity index (χ2v) is 7.28. The van der Waals surface area contributed by atoms with Crippen LogP contribution in [0.15, 0.2) is 29.1 Å². The highest BCUT2D eigenvalue weighted by atomic mass is 16.5. The Balaban J connectivity index is 1.85. The minimum Gasteiger partial charge on any atom is -0.383 e. The lowest BCUT2D eigenvalue weighted by atomic mass is 10.1. The standard InChI is InChI=1S/C21H30N4O3/c1-4-7-19(26)24-12-10-23(11-13-24)16(2)20-22-18-9-6-5-8-17(18)21(27)25(20)14-15-28-3/h5-6,8-9,16H,4,7,10-15H2,1-3H3. The van der Waals surface area contributed by atoms with Gasteiger partial charge in [-0.25, -0.2) is 4.98 Å². The minimum atomic E-state index is -0.0266. The zero-order chi connectivity index (χ0) is 20.1. The first kappa shape index (κ1) is 20.5. The van der Waals surface area contributed by atoms with Gasteiger partial charge >= 0.3 is 0 Å². The molecule has 1 aromatic carbocycles. The number of aromatic nitrogens is 2. The normalized spacial score (nSPS) is 16.5. The molecule has 1 aromatic heterocycles. The average Bonchev–Trinajstić information content (AvgIpc) is 2.73. The van der Waals surface area contributed by atoms with E-state index < -0.39 is 0 Å². The summed E-state index contributed by atoms with van der Waals surface area (Å²) in [6.07, 6.45) is 1.49.